The normalized spacial score (nSPS) is 18.6. The fourth-order valence-corrected chi connectivity index (χ4v) is 5.49. The molecule has 4 heterocycles. The number of halogens is 4. The van der Waals surface area contributed by atoms with Crippen LogP contribution in [0, 0.1) is 5.82 Å². The van der Waals surface area contributed by atoms with E-state index in [1.165, 1.54) is 0 Å². The molecule has 10 nitrogen and oxygen atoms in total. The van der Waals surface area contributed by atoms with Crippen LogP contribution < -0.4 is 9.64 Å². The number of rotatable bonds is 9. The molecule has 2 unspecified atom stereocenters. The van der Waals surface area contributed by atoms with Crippen LogP contribution in [-0.4, -0.2) is 59.9 Å². The van der Waals surface area contributed by atoms with Crippen LogP contribution in [0.25, 0.3) is 11.3 Å². The molecule has 2 atom stereocenters. The number of carbonyl (C=O) groups is 1. The number of pyridine rings is 1. The molecule has 14 heteroatoms. The molecule has 2 aromatic carbocycles. The van der Waals surface area contributed by atoms with E-state index in [1.54, 1.807) is 24.1 Å². The van der Waals surface area contributed by atoms with Gasteiger partial charge in [-0.25, -0.2) is 24.1 Å². The van der Waals surface area contributed by atoms with E-state index in [0.29, 0.717) is 18.6 Å². The standard InChI is InChI=1S/C34H32F4N4O6/c1-3-44-31(43)30-28(32-45-13-14-46-32)29(24-11-10-23(15-25(24)35)34(36,37)38)40-33(41-30)42-17-20(2)48-26(18-42)22-9-12-27(39-16-22)47-19-21-7-5-4-6-8-21/h4-12,15-16,20,26,32H,3,13-14,17-19H2,1-2H3. The quantitative estimate of drug-likeness (QED) is 0.146. The van der Waals surface area contributed by atoms with Crippen molar-refractivity contribution in [2.24, 2.45) is 0 Å². The van der Waals surface area contributed by atoms with Crippen molar-refractivity contribution in [2.45, 2.75) is 45.1 Å². The predicted molar refractivity (Wildman–Crippen MR) is 164 cm³/mol. The Morgan fingerprint density at radius 1 is 1.02 bits per heavy atom. The summed E-state index contributed by atoms with van der Waals surface area (Å²) in [4.78, 5) is 28.7. The molecular weight excluding hydrogens is 636 g/mol. The zero-order chi connectivity index (χ0) is 33.8. The topological polar surface area (TPSA) is 105 Å². The van der Waals surface area contributed by atoms with Crippen LogP contribution in [0.4, 0.5) is 23.5 Å². The third-order valence-electron chi connectivity index (χ3n) is 7.72. The minimum Gasteiger partial charge on any atom is -0.473 e. The smallest absolute Gasteiger partial charge is 0.416 e. The zero-order valence-corrected chi connectivity index (χ0v) is 26.1. The highest BCUT2D eigenvalue weighted by Gasteiger charge is 2.37. The Bertz CT molecular complexity index is 1740. The van der Waals surface area contributed by atoms with Crippen LogP contribution in [0.2, 0.25) is 0 Å². The van der Waals surface area contributed by atoms with Crippen molar-refractivity contribution in [3.8, 4) is 17.1 Å². The highest BCUT2D eigenvalue weighted by Crippen LogP contribution is 2.39. The lowest BCUT2D eigenvalue weighted by molar-refractivity contribution is -0.137. The number of benzene rings is 2. The Hall–Kier alpha value is -4.66. The molecule has 2 fully saturated rings. The number of alkyl halides is 3. The Balaban J connectivity index is 1.35. The van der Waals surface area contributed by atoms with Crippen molar-refractivity contribution >= 4 is 11.9 Å². The number of hydrogen-bond donors (Lipinski definition) is 0. The van der Waals surface area contributed by atoms with Gasteiger partial charge in [-0.15, -0.1) is 0 Å². The van der Waals surface area contributed by atoms with Gasteiger partial charge in [-0.2, -0.15) is 13.2 Å². The molecule has 6 rings (SSSR count). The number of nitrogens with zero attached hydrogens (tertiary/aromatic N) is 4. The van der Waals surface area contributed by atoms with E-state index in [4.69, 9.17) is 23.7 Å². The summed E-state index contributed by atoms with van der Waals surface area (Å²) in [6.45, 7) is 4.64. The van der Waals surface area contributed by atoms with Crippen molar-refractivity contribution in [2.75, 3.05) is 37.8 Å². The summed E-state index contributed by atoms with van der Waals surface area (Å²) in [5.41, 5.74) is -0.172. The molecule has 48 heavy (non-hydrogen) atoms. The SMILES string of the molecule is CCOC(=O)c1nc(N2CC(C)OC(c3ccc(OCc4ccccc4)nc3)C2)nc(-c2ccc(C(F)(F)F)cc2F)c1C1OCCO1. The summed E-state index contributed by atoms with van der Waals surface area (Å²) in [5.74, 6) is -1.60. The second-order valence-electron chi connectivity index (χ2n) is 11.2. The first kappa shape index (κ1) is 33.2. The van der Waals surface area contributed by atoms with Gasteiger partial charge in [-0.3, -0.25) is 0 Å². The van der Waals surface area contributed by atoms with Crippen LogP contribution in [0.5, 0.6) is 5.88 Å². The summed E-state index contributed by atoms with van der Waals surface area (Å²) in [6.07, 6.45) is -5.16. The van der Waals surface area contributed by atoms with Crippen LogP contribution in [0.15, 0.2) is 66.9 Å². The molecule has 2 aromatic heterocycles. The molecule has 0 aliphatic carbocycles. The average molecular weight is 669 g/mol. The molecule has 0 amide bonds. The highest BCUT2D eigenvalue weighted by molar-refractivity contribution is 5.91. The van der Waals surface area contributed by atoms with Crippen LogP contribution in [0.1, 0.15) is 59.0 Å². The summed E-state index contributed by atoms with van der Waals surface area (Å²) in [5, 5.41) is 0. The minimum atomic E-state index is -4.77. The van der Waals surface area contributed by atoms with Crippen molar-refractivity contribution in [3.05, 3.63) is 101 Å². The monoisotopic (exact) mass is 668 g/mol. The van der Waals surface area contributed by atoms with Gasteiger partial charge in [0, 0.05) is 29.9 Å². The first-order chi connectivity index (χ1) is 23.1. The van der Waals surface area contributed by atoms with E-state index < -0.39 is 35.9 Å². The molecule has 0 N–H and O–H groups in total. The number of ether oxygens (including phenoxy) is 5. The van der Waals surface area contributed by atoms with E-state index in [1.807, 2.05) is 43.3 Å². The van der Waals surface area contributed by atoms with Gasteiger partial charge < -0.3 is 28.6 Å². The Morgan fingerprint density at radius 2 is 1.79 bits per heavy atom. The fraction of sp³-hybridized carbons (Fsp3) is 0.353. The predicted octanol–water partition coefficient (Wildman–Crippen LogP) is 6.46. The van der Waals surface area contributed by atoms with Gasteiger partial charge in [0.15, 0.2) is 12.0 Å². The number of aromatic nitrogens is 3. The largest absolute Gasteiger partial charge is 0.473 e. The molecule has 2 aliphatic rings. The molecule has 0 bridgehead atoms. The minimum absolute atomic E-state index is 0.00266. The van der Waals surface area contributed by atoms with Gasteiger partial charge in [0.2, 0.25) is 11.8 Å². The van der Waals surface area contributed by atoms with Gasteiger partial charge in [0.1, 0.15) is 18.5 Å². The van der Waals surface area contributed by atoms with Crippen molar-refractivity contribution in [1.29, 1.82) is 0 Å². The maximum atomic E-state index is 15.5. The van der Waals surface area contributed by atoms with Gasteiger partial charge >= 0.3 is 12.1 Å². The Morgan fingerprint density at radius 3 is 2.46 bits per heavy atom. The number of morpholine rings is 1. The molecule has 2 aliphatic heterocycles. The zero-order valence-electron chi connectivity index (χ0n) is 26.1. The number of carbonyl (C=O) groups excluding carboxylic acids is 1. The van der Waals surface area contributed by atoms with E-state index in [2.05, 4.69) is 15.0 Å². The van der Waals surface area contributed by atoms with E-state index in [9.17, 15) is 18.0 Å². The van der Waals surface area contributed by atoms with E-state index >= 15 is 4.39 Å². The highest BCUT2D eigenvalue weighted by atomic mass is 19.4. The second kappa shape index (κ2) is 14.2. The van der Waals surface area contributed by atoms with Crippen LogP contribution >= 0.6 is 0 Å². The fourth-order valence-electron chi connectivity index (χ4n) is 5.49. The van der Waals surface area contributed by atoms with E-state index in [-0.39, 0.29) is 67.5 Å². The average Bonchev–Trinajstić information content (AvgIpc) is 3.62. The van der Waals surface area contributed by atoms with Gasteiger partial charge in [-0.1, -0.05) is 30.3 Å². The molecule has 2 saturated heterocycles. The lowest BCUT2D eigenvalue weighted by Gasteiger charge is -2.37. The third-order valence-corrected chi connectivity index (χ3v) is 7.72. The number of hydrogen-bond acceptors (Lipinski definition) is 10. The second-order valence-corrected chi connectivity index (χ2v) is 11.2. The van der Waals surface area contributed by atoms with E-state index in [0.717, 1.165) is 23.3 Å². The summed E-state index contributed by atoms with van der Waals surface area (Å²) >= 11 is 0. The van der Waals surface area contributed by atoms with Crippen molar-refractivity contribution < 1.29 is 46.0 Å². The first-order valence-electron chi connectivity index (χ1n) is 15.3. The maximum absolute atomic E-state index is 15.5. The van der Waals surface area contributed by atoms with Gasteiger partial charge in [0.25, 0.3) is 0 Å². The third kappa shape index (κ3) is 7.40. The molecule has 0 saturated carbocycles. The number of esters is 1. The molecule has 4 aromatic rings. The van der Waals surface area contributed by atoms with Gasteiger partial charge in [-0.05, 0) is 43.7 Å². The summed E-state index contributed by atoms with van der Waals surface area (Å²) < 4.78 is 84.3. The summed E-state index contributed by atoms with van der Waals surface area (Å²) in [6, 6.07) is 15.3. The molecular formula is C34H32F4N4O6. The van der Waals surface area contributed by atoms with Gasteiger partial charge in [0.05, 0.1) is 49.3 Å². The van der Waals surface area contributed by atoms with Crippen molar-refractivity contribution in [3.63, 3.8) is 0 Å². The maximum Gasteiger partial charge on any atom is 0.416 e. The van der Waals surface area contributed by atoms with Crippen LogP contribution in [0.3, 0.4) is 0 Å². The molecule has 252 valence electrons. The lowest BCUT2D eigenvalue weighted by atomic mass is 10.0. The molecule has 0 spiro atoms. The first-order valence-corrected chi connectivity index (χ1v) is 15.3. The Labute approximate surface area is 273 Å². The lowest BCUT2D eigenvalue weighted by Crippen LogP contribution is -2.44. The van der Waals surface area contributed by atoms with Crippen LogP contribution in [-0.2, 0) is 31.7 Å². The number of anilines is 1. The Kier molecular flexibility index (Phi) is 9.85. The molecule has 0 radical (unpaired) electrons. The van der Waals surface area contributed by atoms with Crippen molar-refractivity contribution in [1.82, 2.24) is 15.0 Å². The summed E-state index contributed by atoms with van der Waals surface area (Å²) in [7, 11) is 0.